The average Bonchev–Trinajstić information content (AvgIpc) is 2.49. The highest BCUT2D eigenvalue weighted by Gasteiger charge is 2.32. The fraction of sp³-hybridized carbons (Fsp3) is 0.588. The number of hydrogen-bond donors (Lipinski definition) is 1. The highest BCUT2D eigenvalue weighted by molar-refractivity contribution is 5.85. The van der Waals surface area contributed by atoms with Gasteiger partial charge >= 0.3 is 0 Å². The van der Waals surface area contributed by atoms with E-state index in [0.717, 1.165) is 0 Å². The molecule has 4 nitrogen and oxygen atoms in total. The number of aryl methyl sites for hydroxylation is 2. The summed E-state index contributed by atoms with van der Waals surface area (Å²) in [5.41, 5.74) is 9.24. The van der Waals surface area contributed by atoms with E-state index >= 15 is 0 Å². The van der Waals surface area contributed by atoms with Crippen molar-refractivity contribution in [3.63, 3.8) is 0 Å². The molecule has 0 aromatic heterocycles. The predicted molar refractivity (Wildman–Crippen MR) is 91.3 cm³/mol. The third-order valence-electron chi connectivity index (χ3n) is 4.27. The number of benzene rings is 1. The Balaban J connectivity index is 0.00000242. The summed E-state index contributed by atoms with van der Waals surface area (Å²) in [5, 5.41) is 0. The average molecular weight is 327 g/mol. The first-order valence-electron chi connectivity index (χ1n) is 7.63. The van der Waals surface area contributed by atoms with Gasteiger partial charge in [-0.3, -0.25) is 4.79 Å². The molecule has 0 spiro atoms. The van der Waals surface area contributed by atoms with Crippen molar-refractivity contribution in [3.8, 4) is 0 Å². The highest BCUT2D eigenvalue weighted by Crippen LogP contribution is 2.28. The molecule has 3 unspecified atom stereocenters. The zero-order chi connectivity index (χ0) is 15.6. The van der Waals surface area contributed by atoms with E-state index < -0.39 is 0 Å². The quantitative estimate of drug-likeness (QED) is 0.929. The fourth-order valence-electron chi connectivity index (χ4n) is 2.74. The molecule has 1 aromatic rings. The molecular formula is C17H27ClN2O2. The van der Waals surface area contributed by atoms with Crippen LogP contribution in [0.3, 0.4) is 0 Å². The van der Waals surface area contributed by atoms with Crippen LogP contribution in [0.2, 0.25) is 0 Å². The summed E-state index contributed by atoms with van der Waals surface area (Å²) in [6, 6.07) is 6.47. The number of ether oxygens (including phenoxy) is 1. The van der Waals surface area contributed by atoms with Crippen molar-refractivity contribution in [1.82, 2.24) is 4.90 Å². The van der Waals surface area contributed by atoms with Gasteiger partial charge in [-0.15, -0.1) is 12.4 Å². The summed E-state index contributed by atoms with van der Waals surface area (Å²) in [4.78, 5) is 14.4. The van der Waals surface area contributed by atoms with E-state index in [0.29, 0.717) is 19.7 Å². The maximum atomic E-state index is 12.5. The van der Waals surface area contributed by atoms with Gasteiger partial charge in [-0.05, 0) is 31.9 Å². The third-order valence-corrected chi connectivity index (χ3v) is 4.27. The second-order valence-corrected chi connectivity index (χ2v) is 6.16. The number of nitrogens with zero attached hydrogens (tertiary/aromatic N) is 1. The Kier molecular flexibility index (Phi) is 6.85. The minimum Gasteiger partial charge on any atom is -0.370 e. The van der Waals surface area contributed by atoms with Crippen molar-refractivity contribution in [2.24, 2.45) is 11.7 Å². The van der Waals surface area contributed by atoms with Crippen molar-refractivity contribution >= 4 is 18.3 Å². The lowest BCUT2D eigenvalue weighted by molar-refractivity contribution is -0.148. The summed E-state index contributed by atoms with van der Waals surface area (Å²) in [6.45, 7) is 9.64. The lowest BCUT2D eigenvalue weighted by Gasteiger charge is -2.39. The first-order valence-corrected chi connectivity index (χ1v) is 7.63. The van der Waals surface area contributed by atoms with E-state index in [-0.39, 0.29) is 36.4 Å². The van der Waals surface area contributed by atoms with Crippen LogP contribution in [0, 0.1) is 19.8 Å². The molecule has 1 aliphatic rings. The van der Waals surface area contributed by atoms with E-state index in [1.54, 1.807) is 0 Å². The monoisotopic (exact) mass is 326 g/mol. The Morgan fingerprint density at radius 1 is 1.45 bits per heavy atom. The molecule has 124 valence electrons. The summed E-state index contributed by atoms with van der Waals surface area (Å²) < 4.78 is 5.98. The molecule has 5 heteroatoms. The number of rotatable bonds is 3. The molecule has 1 amide bonds. The molecular weight excluding hydrogens is 300 g/mol. The molecule has 1 aliphatic heterocycles. The minimum absolute atomic E-state index is 0. The molecule has 0 bridgehead atoms. The predicted octanol–water partition coefficient (Wildman–Crippen LogP) is 2.61. The second-order valence-electron chi connectivity index (χ2n) is 6.16. The molecule has 22 heavy (non-hydrogen) atoms. The first kappa shape index (κ1) is 18.9. The van der Waals surface area contributed by atoms with Gasteiger partial charge in [0.25, 0.3) is 0 Å². The zero-order valence-corrected chi connectivity index (χ0v) is 14.7. The lowest BCUT2D eigenvalue weighted by Crippen LogP contribution is -2.51. The van der Waals surface area contributed by atoms with Crippen molar-refractivity contribution in [2.75, 3.05) is 19.7 Å². The lowest BCUT2D eigenvalue weighted by atomic mass is 9.98. The Labute approximate surface area is 139 Å². The van der Waals surface area contributed by atoms with Gasteiger partial charge in [-0.2, -0.15) is 0 Å². The fourth-order valence-corrected chi connectivity index (χ4v) is 2.74. The Hall–Kier alpha value is -1.10. The van der Waals surface area contributed by atoms with E-state index in [1.807, 2.05) is 18.7 Å². The van der Waals surface area contributed by atoms with Crippen LogP contribution in [0.1, 0.15) is 36.6 Å². The molecule has 1 heterocycles. The summed E-state index contributed by atoms with van der Waals surface area (Å²) in [7, 11) is 0. The number of nitrogens with two attached hydrogens (primary N) is 1. The second kappa shape index (κ2) is 7.95. The number of hydrogen-bond acceptors (Lipinski definition) is 3. The first-order chi connectivity index (χ1) is 9.93. The van der Waals surface area contributed by atoms with Crippen LogP contribution >= 0.6 is 12.4 Å². The maximum absolute atomic E-state index is 12.5. The number of halogens is 1. The molecule has 2 rings (SSSR count). The van der Waals surface area contributed by atoms with Gasteiger partial charge in [-0.25, -0.2) is 0 Å². The normalized spacial score (nSPS) is 22.9. The summed E-state index contributed by atoms with van der Waals surface area (Å²) >= 11 is 0. The zero-order valence-electron chi connectivity index (χ0n) is 13.8. The van der Waals surface area contributed by atoms with Crippen molar-refractivity contribution < 1.29 is 9.53 Å². The van der Waals surface area contributed by atoms with Gasteiger partial charge in [0.1, 0.15) is 6.10 Å². The van der Waals surface area contributed by atoms with Crippen LogP contribution in [0.5, 0.6) is 0 Å². The summed E-state index contributed by atoms with van der Waals surface area (Å²) in [5.74, 6) is -0.00610. The van der Waals surface area contributed by atoms with E-state index in [2.05, 4.69) is 32.0 Å². The van der Waals surface area contributed by atoms with Crippen molar-refractivity contribution in [2.45, 2.75) is 39.8 Å². The third kappa shape index (κ3) is 4.00. The number of carbonyl (C=O) groups is 1. The van der Waals surface area contributed by atoms with Gasteiger partial charge in [0, 0.05) is 12.5 Å². The number of carbonyl (C=O) groups excluding carboxylic acids is 1. The number of morpholine rings is 1. The summed E-state index contributed by atoms with van der Waals surface area (Å²) in [6.07, 6.45) is -0.0463. The van der Waals surface area contributed by atoms with Crippen LogP contribution in [0.25, 0.3) is 0 Å². The smallest absolute Gasteiger partial charge is 0.227 e. The minimum atomic E-state index is -0.134. The molecule has 1 saturated heterocycles. The van der Waals surface area contributed by atoms with Gasteiger partial charge in [0.2, 0.25) is 5.91 Å². The molecule has 1 fully saturated rings. The molecule has 2 N–H and O–H groups in total. The van der Waals surface area contributed by atoms with Crippen molar-refractivity contribution in [1.29, 1.82) is 0 Å². The van der Waals surface area contributed by atoms with Crippen LogP contribution in [0.4, 0.5) is 0 Å². The number of amides is 1. The van der Waals surface area contributed by atoms with Crippen LogP contribution < -0.4 is 5.73 Å². The van der Waals surface area contributed by atoms with Crippen LogP contribution in [-0.4, -0.2) is 36.5 Å². The Morgan fingerprint density at radius 2 is 2.14 bits per heavy atom. The Morgan fingerprint density at radius 3 is 2.77 bits per heavy atom. The van der Waals surface area contributed by atoms with Gasteiger partial charge in [-0.1, -0.05) is 30.7 Å². The molecule has 1 aromatic carbocycles. The molecule has 0 aliphatic carbocycles. The van der Waals surface area contributed by atoms with E-state index in [4.69, 9.17) is 10.5 Å². The van der Waals surface area contributed by atoms with Gasteiger partial charge in [0.05, 0.1) is 19.2 Å². The maximum Gasteiger partial charge on any atom is 0.227 e. The van der Waals surface area contributed by atoms with Gasteiger partial charge in [0.15, 0.2) is 0 Å². The van der Waals surface area contributed by atoms with Crippen molar-refractivity contribution in [3.05, 3.63) is 34.9 Å². The molecule has 3 atom stereocenters. The largest absolute Gasteiger partial charge is 0.370 e. The SMILES string of the molecule is Cc1ccc(C)c(C2CN(C(=O)C(C)CN)C(C)CO2)c1.Cl. The molecule has 0 radical (unpaired) electrons. The topological polar surface area (TPSA) is 55.6 Å². The van der Waals surface area contributed by atoms with E-state index in [9.17, 15) is 4.79 Å². The van der Waals surface area contributed by atoms with E-state index in [1.165, 1.54) is 16.7 Å². The molecule has 0 saturated carbocycles. The Bertz CT molecular complexity index is 521. The van der Waals surface area contributed by atoms with Crippen LogP contribution in [-0.2, 0) is 9.53 Å². The highest BCUT2D eigenvalue weighted by atomic mass is 35.5. The van der Waals surface area contributed by atoms with Crippen LogP contribution in [0.15, 0.2) is 18.2 Å². The standard InChI is InChI=1S/C17H26N2O2.ClH/c1-11-5-6-12(2)15(7-11)16-9-19(14(4)10-21-16)17(20)13(3)8-18;/h5-7,13-14,16H,8-10,18H2,1-4H3;1H. The van der Waals surface area contributed by atoms with Gasteiger partial charge < -0.3 is 15.4 Å².